The van der Waals surface area contributed by atoms with Gasteiger partial charge in [-0.05, 0) is 25.0 Å². The summed E-state index contributed by atoms with van der Waals surface area (Å²) in [5.41, 5.74) is 0. The van der Waals surface area contributed by atoms with Crippen molar-refractivity contribution in [2.24, 2.45) is 0 Å². The second kappa shape index (κ2) is 6.86. The van der Waals surface area contributed by atoms with Gasteiger partial charge in [0.2, 0.25) is 11.1 Å². The van der Waals surface area contributed by atoms with E-state index in [1.807, 2.05) is 0 Å². The van der Waals surface area contributed by atoms with Crippen molar-refractivity contribution in [1.82, 2.24) is 20.2 Å². The molecule has 9 heteroatoms. The van der Waals surface area contributed by atoms with Crippen LogP contribution in [0, 0.1) is 5.82 Å². The van der Waals surface area contributed by atoms with Gasteiger partial charge in [0.1, 0.15) is 6.61 Å². The number of benzene rings is 1. The summed E-state index contributed by atoms with van der Waals surface area (Å²) in [6.45, 7) is -0.0146. The van der Waals surface area contributed by atoms with Gasteiger partial charge in [0.05, 0.1) is 5.75 Å². The zero-order valence-electron chi connectivity index (χ0n) is 12.2. The number of hydrogen-bond donors (Lipinski definition) is 2. The number of thioether (sulfide) groups is 1. The number of rotatable bonds is 7. The van der Waals surface area contributed by atoms with E-state index in [-0.39, 0.29) is 24.0 Å². The lowest BCUT2D eigenvalue weighted by molar-refractivity contribution is -0.118. The van der Waals surface area contributed by atoms with Crippen LogP contribution in [0.25, 0.3) is 0 Å². The van der Waals surface area contributed by atoms with Crippen molar-refractivity contribution in [3.05, 3.63) is 35.9 Å². The summed E-state index contributed by atoms with van der Waals surface area (Å²) in [5, 5.41) is 11.1. The predicted octanol–water partition coefficient (Wildman–Crippen LogP) is 1.08. The van der Waals surface area contributed by atoms with E-state index in [9.17, 15) is 9.18 Å². The molecule has 1 saturated carbocycles. The highest BCUT2D eigenvalue weighted by atomic mass is 32.2. The molecule has 3 rings (SSSR count). The first-order valence-electron chi connectivity index (χ1n) is 7.12. The number of ether oxygens (including phenoxy) is 1. The number of nitrogens with zero attached hydrogens (tertiary/aromatic N) is 3. The molecule has 0 atom stereocenters. The zero-order chi connectivity index (χ0) is 16.2. The fourth-order valence-electron chi connectivity index (χ4n) is 1.84. The number of halogens is 1. The molecule has 0 spiro atoms. The number of nitrogens with one attached hydrogen (secondary N) is 1. The Balaban J connectivity index is 1.54. The molecule has 0 unspecified atom stereocenters. The standard InChI is InChI=1S/C14H16FN5O2S/c15-10-3-1-2-4-11(10)22-7-12-18-19-14(20(12)16)23-8-13(21)17-9-5-6-9/h1-4,9H,5-8,16H2,(H,17,21). The summed E-state index contributed by atoms with van der Waals surface area (Å²) in [4.78, 5) is 11.6. The second-order valence-corrected chi connectivity index (χ2v) is 6.06. The van der Waals surface area contributed by atoms with Crippen molar-refractivity contribution in [2.75, 3.05) is 11.6 Å². The van der Waals surface area contributed by atoms with Gasteiger partial charge in [-0.3, -0.25) is 4.79 Å². The van der Waals surface area contributed by atoms with Gasteiger partial charge in [0, 0.05) is 6.04 Å². The SMILES string of the molecule is Nn1c(COc2ccccc2F)nnc1SCC(=O)NC1CC1. The molecule has 1 fully saturated rings. The first kappa shape index (κ1) is 15.6. The number of nitrogen functional groups attached to an aromatic ring is 1. The Morgan fingerprint density at radius 3 is 2.96 bits per heavy atom. The van der Waals surface area contributed by atoms with E-state index in [1.165, 1.54) is 28.6 Å². The van der Waals surface area contributed by atoms with Crippen LogP contribution in [-0.4, -0.2) is 32.6 Å². The minimum absolute atomic E-state index is 0.0146. The maximum atomic E-state index is 13.5. The lowest BCUT2D eigenvalue weighted by Crippen LogP contribution is -2.27. The van der Waals surface area contributed by atoms with Crippen molar-refractivity contribution in [3.63, 3.8) is 0 Å². The van der Waals surface area contributed by atoms with E-state index in [0.29, 0.717) is 17.0 Å². The minimum Gasteiger partial charge on any atom is -0.482 e. The number of amides is 1. The van der Waals surface area contributed by atoms with Crippen molar-refractivity contribution < 1.29 is 13.9 Å². The molecule has 0 radical (unpaired) electrons. The van der Waals surface area contributed by atoms with Crippen LogP contribution in [0.3, 0.4) is 0 Å². The van der Waals surface area contributed by atoms with Crippen LogP contribution in [0.5, 0.6) is 5.75 Å². The van der Waals surface area contributed by atoms with E-state index >= 15 is 0 Å². The van der Waals surface area contributed by atoms with E-state index in [0.717, 1.165) is 12.8 Å². The van der Waals surface area contributed by atoms with Crippen molar-refractivity contribution >= 4 is 17.7 Å². The predicted molar refractivity (Wildman–Crippen MR) is 82.8 cm³/mol. The van der Waals surface area contributed by atoms with Gasteiger partial charge in [0.25, 0.3) is 0 Å². The number of para-hydroxylation sites is 1. The third kappa shape index (κ3) is 4.13. The van der Waals surface area contributed by atoms with Crippen LogP contribution >= 0.6 is 11.8 Å². The smallest absolute Gasteiger partial charge is 0.230 e. The number of carbonyl (C=O) groups is 1. The number of carbonyl (C=O) groups excluding carboxylic acids is 1. The Morgan fingerprint density at radius 2 is 2.22 bits per heavy atom. The first-order valence-corrected chi connectivity index (χ1v) is 8.11. The Hall–Kier alpha value is -2.29. The number of nitrogens with two attached hydrogens (primary N) is 1. The summed E-state index contributed by atoms with van der Waals surface area (Å²) in [7, 11) is 0. The highest BCUT2D eigenvalue weighted by Gasteiger charge is 2.23. The topological polar surface area (TPSA) is 95.1 Å². The molecule has 0 aliphatic heterocycles. The third-order valence-corrected chi connectivity index (χ3v) is 4.15. The van der Waals surface area contributed by atoms with Gasteiger partial charge < -0.3 is 15.9 Å². The van der Waals surface area contributed by atoms with E-state index in [1.54, 1.807) is 12.1 Å². The summed E-state index contributed by atoms with van der Waals surface area (Å²) in [5.74, 6) is 6.05. The molecular weight excluding hydrogens is 321 g/mol. The Kier molecular flexibility index (Phi) is 4.65. The maximum absolute atomic E-state index is 13.5. The molecular formula is C14H16FN5O2S. The Bertz CT molecular complexity index is 704. The molecule has 3 N–H and O–H groups in total. The fraction of sp³-hybridized carbons (Fsp3) is 0.357. The van der Waals surface area contributed by atoms with Gasteiger partial charge in [0.15, 0.2) is 17.4 Å². The average molecular weight is 337 g/mol. The average Bonchev–Trinajstić information content (AvgIpc) is 3.28. The number of aromatic nitrogens is 3. The summed E-state index contributed by atoms with van der Waals surface area (Å²) in [6, 6.07) is 6.40. The zero-order valence-corrected chi connectivity index (χ0v) is 13.1. The van der Waals surface area contributed by atoms with Crippen LogP contribution in [-0.2, 0) is 11.4 Å². The normalized spacial score (nSPS) is 13.8. The summed E-state index contributed by atoms with van der Waals surface area (Å²) >= 11 is 1.19. The molecule has 1 aliphatic carbocycles. The van der Waals surface area contributed by atoms with Gasteiger partial charge in [-0.15, -0.1) is 10.2 Å². The minimum atomic E-state index is -0.457. The molecule has 1 aliphatic rings. The summed E-state index contributed by atoms with van der Waals surface area (Å²) < 4.78 is 20.1. The van der Waals surface area contributed by atoms with Crippen molar-refractivity contribution in [3.8, 4) is 5.75 Å². The fourth-order valence-corrected chi connectivity index (χ4v) is 2.52. The molecule has 1 aromatic carbocycles. The molecule has 1 aromatic heterocycles. The van der Waals surface area contributed by atoms with E-state index < -0.39 is 5.82 Å². The van der Waals surface area contributed by atoms with Crippen LogP contribution in [0.2, 0.25) is 0 Å². The van der Waals surface area contributed by atoms with Crippen molar-refractivity contribution in [1.29, 1.82) is 0 Å². The van der Waals surface area contributed by atoms with Gasteiger partial charge >= 0.3 is 0 Å². The number of hydrogen-bond acceptors (Lipinski definition) is 6. The largest absolute Gasteiger partial charge is 0.482 e. The lowest BCUT2D eigenvalue weighted by Gasteiger charge is -2.07. The van der Waals surface area contributed by atoms with Crippen LogP contribution in [0.1, 0.15) is 18.7 Å². The monoisotopic (exact) mass is 337 g/mol. The van der Waals surface area contributed by atoms with Crippen LogP contribution < -0.4 is 15.9 Å². The highest BCUT2D eigenvalue weighted by molar-refractivity contribution is 7.99. The first-order chi connectivity index (χ1) is 11.1. The van der Waals surface area contributed by atoms with Crippen molar-refractivity contribution in [2.45, 2.75) is 30.6 Å². The van der Waals surface area contributed by atoms with Crippen LogP contribution in [0.4, 0.5) is 4.39 Å². The molecule has 2 aromatic rings. The van der Waals surface area contributed by atoms with Crippen LogP contribution in [0.15, 0.2) is 29.4 Å². The lowest BCUT2D eigenvalue weighted by atomic mass is 10.3. The Morgan fingerprint density at radius 1 is 1.43 bits per heavy atom. The molecule has 1 amide bonds. The van der Waals surface area contributed by atoms with Gasteiger partial charge in [-0.25, -0.2) is 9.07 Å². The molecule has 122 valence electrons. The maximum Gasteiger partial charge on any atom is 0.230 e. The molecule has 7 nitrogen and oxygen atoms in total. The molecule has 1 heterocycles. The highest BCUT2D eigenvalue weighted by Crippen LogP contribution is 2.20. The second-order valence-electron chi connectivity index (χ2n) is 5.12. The Labute approximate surface area is 136 Å². The van der Waals surface area contributed by atoms with E-state index in [4.69, 9.17) is 10.6 Å². The van der Waals surface area contributed by atoms with Gasteiger partial charge in [-0.2, -0.15) is 0 Å². The molecule has 0 saturated heterocycles. The molecule has 0 bridgehead atoms. The molecule has 23 heavy (non-hydrogen) atoms. The van der Waals surface area contributed by atoms with E-state index in [2.05, 4.69) is 15.5 Å². The third-order valence-electron chi connectivity index (χ3n) is 3.20. The summed E-state index contributed by atoms with van der Waals surface area (Å²) in [6.07, 6.45) is 2.09. The quantitative estimate of drug-likeness (QED) is 0.580. The van der Waals surface area contributed by atoms with Gasteiger partial charge in [-0.1, -0.05) is 23.9 Å².